The number of carbonyl (C=O) groups is 2. The fourth-order valence-corrected chi connectivity index (χ4v) is 3.84. The molecule has 0 atom stereocenters. The minimum Gasteiger partial charge on any atom is -0.484 e. The van der Waals surface area contributed by atoms with Gasteiger partial charge in [0.25, 0.3) is 11.8 Å². The lowest BCUT2D eigenvalue weighted by molar-refractivity contribution is 0.0295. The van der Waals surface area contributed by atoms with Gasteiger partial charge in [0.05, 0.1) is 30.1 Å². The molecule has 1 aliphatic rings. The maximum Gasteiger partial charge on any atom is 0.291 e. The van der Waals surface area contributed by atoms with Crippen LogP contribution >= 0.6 is 11.6 Å². The maximum atomic E-state index is 13.1. The Labute approximate surface area is 196 Å². The van der Waals surface area contributed by atoms with Crippen LogP contribution in [-0.4, -0.2) is 52.8 Å². The molecular formula is C23H25ClN4O5. The van der Waals surface area contributed by atoms with E-state index >= 15 is 0 Å². The molecule has 0 spiro atoms. The maximum absolute atomic E-state index is 13.1. The lowest BCUT2D eigenvalue weighted by atomic mass is 10.2. The van der Waals surface area contributed by atoms with E-state index in [-0.39, 0.29) is 18.3 Å². The van der Waals surface area contributed by atoms with Crippen LogP contribution in [0, 0.1) is 6.92 Å². The number of para-hydroxylation sites is 1. The Morgan fingerprint density at radius 1 is 1.21 bits per heavy atom. The third-order valence-corrected chi connectivity index (χ3v) is 5.59. The van der Waals surface area contributed by atoms with Gasteiger partial charge in [-0.2, -0.15) is 5.10 Å². The van der Waals surface area contributed by atoms with Crippen LogP contribution in [0.3, 0.4) is 0 Å². The Kier molecular flexibility index (Phi) is 7.00. The van der Waals surface area contributed by atoms with E-state index in [1.807, 2.05) is 26.0 Å². The van der Waals surface area contributed by atoms with Crippen LogP contribution in [0.15, 0.2) is 40.9 Å². The first-order valence-corrected chi connectivity index (χ1v) is 11.1. The highest BCUT2D eigenvalue weighted by molar-refractivity contribution is 6.32. The van der Waals surface area contributed by atoms with Gasteiger partial charge < -0.3 is 24.1 Å². The molecule has 0 unspecified atom stereocenters. The largest absolute Gasteiger partial charge is 0.484 e. The number of ether oxygens (including phenoxy) is 2. The number of hydrogen-bond donors (Lipinski definition) is 1. The van der Waals surface area contributed by atoms with Crippen LogP contribution < -0.4 is 10.1 Å². The Bertz CT molecular complexity index is 1130. The minimum atomic E-state index is -0.484. The zero-order chi connectivity index (χ0) is 23.4. The number of rotatable bonds is 7. The van der Waals surface area contributed by atoms with Gasteiger partial charge in [0.15, 0.2) is 5.76 Å². The second-order valence-corrected chi connectivity index (χ2v) is 7.93. The van der Waals surface area contributed by atoms with Gasteiger partial charge in [-0.3, -0.25) is 14.3 Å². The predicted molar refractivity (Wildman–Crippen MR) is 122 cm³/mol. The molecule has 0 aliphatic carbocycles. The predicted octanol–water partition coefficient (Wildman–Crippen LogP) is 3.76. The summed E-state index contributed by atoms with van der Waals surface area (Å²) in [4.78, 5) is 27.6. The van der Waals surface area contributed by atoms with Gasteiger partial charge in [-0.25, -0.2) is 0 Å². The van der Waals surface area contributed by atoms with Crippen molar-refractivity contribution in [1.29, 1.82) is 0 Å². The molecule has 10 heteroatoms. The number of halogens is 1. The molecule has 2 aromatic heterocycles. The molecule has 9 nitrogen and oxygen atoms in total. The first-order chi connectivity index (χ1) is 16.0. The number of nitrogens with one attached hydrogen (secondary N) is 1. The van der Waals surface area contributed by atoms with E-state index < -0.39 is 5.91 Å². The number of hydrogen-bond acceptors (Lipinski definition) is 6. The summed E-state index contributed by atoms with van der Waals surface area (Å²) in [6, 6.07) is 8.71. The highest BCUT2D eigenvalue weighted by atomic mass is 35.5. The average molecular weight is 473 g/mol. The molecule has 33 heavy (non-hydrogen) atoms. The number of aromatic nitrogens is 2. The van der Waals surface area contributed by atoms with Crippen LogP contribution in [0.1, 0.15) is 39.3 Å². The summed E-state index contributed by atoms with van der Waals surface area (Å²) in [6.45, 7) is 6.35. The molecule has 1 saturated heterocycles. The molecular weight excluding hydrogens is 448 g/mol. The lowest BCUT2D eigenvalue weighted by Gasteiger charge is -2.27. The van der Waals surface area contributed by atoms with Crippen molar-refractivity contribution in [3.63, 3.8) is 0 Å². The van der Waals surface area contributed by atoms with Crippen LogP contribution in [0.25, 0.3) is 0 Å². The third-order valence-electron chi connectivity index (χ3n) is 5.30. The number of anilines is 1. The Hall–Kier alpha value is -3.30. The van der Waals surface area contributed by atoms with Crippen molar-refractivity contribution in [2.24, 2.45) is 0 Å². The van der Waals surface area contributed by atoms with E-state index in [4.69, 9.17) is 25.5 Å². The van der Waals surface area contributed by atoms with Crippen molar-refractivity contribution in [2.75, 3.05) is 31.6 Å². The summed E-state index contributed by atoms with van der Waals surface area (Å²) in [6.07, 6.45) is 1.47. The first-order valence-electron chi connectivity index (χ1n) is 10.7. The molecule has 0 radical (unpaired) electrons. The van der Waals surface area contributed by atoms with Gasteiger partial charge in [0.2, 0.25) is 0 Å². The number of aryl methyl sites for hydroxylation is 2. The average Bonchev–Trinajstić information content (AvgIpc) is 3.46. The summed E-state index contributed by atoms with van der Waals surface area (Å²) in [7, 11) is 0. The number of morpholine rings is 1. The number of carbonyl (C=O) groups excluding carboxylic acids is 2. The molecule has 1 aliphatic heterocycles. The van der Waals surface area contributed by atoms with Crippen molar-refractivity contribution >= 4 is 29.1 Å². The van der Waals surface area contributed by atoms with Gasteiger partial charge in [-0.15, -0.1) is 0 Å². The number of benzene rings is 1. The lowest BCUT2D eigenvalue weighted by Crippen LogP contribution is -2.41. The number of amides is 2. The standard InChI is InChI=1S/C23H25ClN4O5/c1-3-28-20(23(30)27-9-11-31-12-10-27)18(13-25-28)26-22(29)19-8-7-16(33-19)14-32-21-15(2)5-4-6-17(21)24/h4-8,13H,3,9-12,14H2,1-2H3,(H,26,29). The van der Waals surface area contributed by atoms with Gasteiger partial charge in [0, 0.05) is 19.6 Å². The number of nitrogens with zero attached hydrogens (tertiary/aromatic N) is 3. The first kappa shape index (κ1) is 22.9. The molecule has 174 valence electrons. The summed E-state index contributed by atoms with van der Waals surface area (Å²) in [5.74, 6) is 0.449. The SMILES string of the molecule is CCn1ncc(NC(=O)c2ccc(COc3c(C)cccc3Cl)o2)c1C(=O)N1CCOCC1. The highest BCUT2D eigenvalue weighted by Gasteiger charge is 2.26. The van der Waals surface area contributed by atoms with Gasteiger partial charge >= 0.3 is 0 Å². The molecule has 2 amide bonds. The topological polar surface area (TPSA) is 98.8 Å². The number of furan rings is 1. The molecule has 4 rings (SSSR count). The fourth-order valence-electron chi connectivity index (χ4n) is 3.56. The van der Waals surface area contributed by atoms with E-state index in [2.05, 4.69) is 10.4 Å². The van der Waals surface area contributed by atoms with Gasteiger partial charge in [-0.05, 0) is 37.6 Å². The molecule has 0 saturated carbocycles. The van der Waals surface area contributed by atoms with Crippen LogP contribution in [0.2, 0.25) is 5.02 Å². The second kappa shape index (κ2) is 10.1. The normalized spacial score (nSPS) is 13.7. The zero-order valence-corrected chi connectivity index (χ0v) is 19.2. The van der Waals surface area contributed by atoms with E-state index in [9.17, 15) is 9.59 Å². The smallest absolute Gasteiger partial charge is 0.291 e. The van der Waals surface area contributed by atoms with Gasteiger partial charge in [-0.1, -0.05) is 23.7 Å². The van der Waals surface area contributed by atoms with Crippen LogP contribution in [-0.2, 0) is 17.9 Å². The van der Waals surface area contributed by atoms with Crippen LogP contribution in [0.5, 0.6) is 5.75 Å². The van der Waals surface area contributed by atoms with E-state index in [0.29, 0.717) is 60.8 Å². The third kappa shape index (κ3) is 5.04. The summed E-state index contributed by atoms with van der Waals surface area (Å²) < 4.78 is 18.3. The van der Waals surface area contributed by atoms with E-state index in [0.717, 1.165) is 5.56 Å². The molecule has 1 fully saturated rings. The van der Waals surface area contributed by atoms with Crippen molar-refractivity contribution in [2.45, 2.75) is 27.0 Å². The second-order valence-electron chi connectivity index (χ2n) is 7.52. The quantitative estimate of drug-likeness (QED) is 0.562. The molecule has 3 heterocycles. The van der Waals surface area contributed by atoms with E-state index in [1.165, 1.54) is 6.20 Å². The summed E-state index contributed by atoms with van der Waals surface area (Å²) >= 11 is 6.19. The fraction of sp³-hybridized carbons (Fsp3) is 0.348. The molecule has 3 aromatic rings. The summed E-state index contributed by atoms with van der Waals surface area (Å²) in [5, 5.41) is 7.50. The Balaban J connectivity index is 1.45. The van der Waals surface area contributed by atoms with Crippen molar-refractivity contribution < 1.29 is 23.5 Å². The van der Waals surface area contributed by atoms with Crippen molar-refractivity contribution in [3.8, 4) is 5.75 Å². The van der Waals surface area contributed by atoms with Crippen molar-refractivity contribution in [1.82, 2.24) is 14.7 Å². The molecule has 1 N–H and O–H groups in total. The van der Waals surface area contributed by atoms with Crippen molar-refractivity contribution in [3.05, 3.63) is 64.3 Å². The zero-order valence-electron chi connectivity index (χ0n) is 18.5. The highest BCUT2D eigenvalue weighted by Crippen LogP contribution is 2.29. The Morgan fingerprint density at radius 2 is 2.00 bits per heavy atom. The summed E-state index contributed by atoms with van der Waals surface area (Å²) in [5.41, 5.74) is 1.56. The molecule has 0 bridgehead atoms. The molecule has 1 aromatic carbocycles. The Morgan fingerprint density at radius 3 is 2.73 bits per heavy atom. The van der Waals surface area contributed by atoms with Gasteiger partial charge in [0.1, 0.15) is 23.8 Å². The monoisotopic (exact) mass is 472 g/mol. The minimum absolute atomic E-state index is 0.0958. The van der Waals surface area contributed by atoms with Crippen LogP contribution in [0.4, 0.5) is 5.69 Å². The van der Waals surface area contributed by atoms with E-state index in [1.54, 1.807) is 27.8 Å².